The van der Waals surface area contributed by atoms with E-state index < -0.39 is 12.0 Å². The van der Waals surface area contributed by atoms with Crippen molar-refractivity contribution < 1.29 is 14.3 Å². The summed E-state index contributed by atoms with van der Waals surface area (Å²) in [5.41, 5.74) is 1.59. The van der Waals surface area contributed by atoms with Crippen molar-refractivity contribution in [1.82, 2.24) is 25.2 Å². The second kappa shape index (κ2) is 9.73. The highest BCUT2D eigenvalue weighted by Crippen LogP contribution is 2.36. The summed E-state index contributed by atoms with van der Waals surface area (Å²) in [4.78, 5) is 42.3. The molecule has 9 nitrogen and oxygen atoms in total. The summed E-state index contributed by atoms with van der Waals surface area (Å²) in [7, 11) is 0. The van der Waals surface area contributed by atoms with Crippen molar-refractivity contribution >= 4 is 40.5 Å². The van der Waals surface area contributed by atoms with Crippen molar-refractivity contribution in [3.05, 3.63) is 53.4 Å². The van der Waals surface area contributed by atoms with Gasteiger partial charge in [-0.3, -0.25) is 4.79 Å². The number of fused-ring (bicyclic) bond motifs is 3. The minimum Gasteiger partial charge on any atom is -0.448 e. The molecule has 0 saturated carbocycles. The maximum atomic E-state index is 13.9. The average molecular weight is 497 g/mol. The third-order valence-electron chi connectivity index (χ3n) is 6.73. The van der Waals surface area contributed by atoms with E-state index in [1.165, 1.54) is 0 Å². The molecule has 2 aliphatic rings. The van der Waals surface area contributed by atoms with Gasteiger partial charge in [-0.15, -0.1) is 0 Å². The van der Waals surface area contributed by atoms with Gasteiger partial charge in [0.05, 0.1) is 11.3 Å². The summed E-state index contributed by atoms with van der Waals surface area (Å²) in [5.74, 6) is 0.268. The van der Waals surface area contributed by atoms with Crippen molar-refractivity contribution in [1.29, 1.82) is 0 Å². The number of aromatic nitrogens is 3. The van der Waals surface area contributed by atoms with E-state index in [1.54, 1.807) is 18.5 Å². The second-order valence-electron chi connectivity index (χ2n) is 9.47. The van der Waals surface area contributed by atoms with Crippen LogP contribution in [0.3, 0.4) is 0 Å². The molecule has 3 aromatic rings. The van der Waals surface area contributed by atoms with Crippen LogP contribution in [-0.4, -0.2) is 69.7 Å². The zero-order valence-corrected chi connectivity index (χ0v) is 20.5. The van der Waals surface area contributed by atoms with Gasteiger partial charge < -0.3 is 24.8 Å². The molecule has 0 unspecified atom stereocenters. The minimum absolute atomic E-state index is 0.0219. The van der Waals surface area contributed by atoms with Gasteiger partial charge in [0.1, 0.15) is 24.4 Å². The first kappa shape index (κ1) is 23.4. The van der Waals surface area contributed by atoms with Gasteiger partial charge in [0, 0.05) is 42.4 Å². The Morgan fingerprint density at radius 3 is 2.54 bits per heavy atom. The quantitative estimate of drug-likeness (QED) is 0.539. The normalized spacial score (nSPS) is 20.3. The summed E-state index contributed by atoms with van der Waals surface area (Å²) < 4.78 is 5.47. The molecule has 35 heavy (non-hydrogen) atoms. The average Bonchev–Trinajstić information content (AvgIpc) is 3.41. The third kappa shape index (κ3) is 4.77. The van der Waals surface area contributed by atoms with Gasteiger partial charge in [0.25, 0.3) is 0 Å². The van der Waals surface area contributed by atoms with Crippen molar-refractivity contribution in [2.75, 3.05) is 24.6 Å². The molecule has 2 aromatic heterocycles. The molecule has 1 aromatic carbocycles. The van der Waals surface area contributed by atoms with E-state index in [0.29, 0.717) is 18.1 Å². The van der Waals surface area contributed by atoms with E-state index in [9.17, 15) is 9.59 Å². The van der Waals surface area contributed by atoms with Gasteiger partial charge in [-0.25, -0.2) is 14.8 Å². The van der Waals surface area contributed by atoms with Crippen molar-refractivity contribution in [2.45, 2.75) is 50.7 Å². The molecule has 2 fully saturated rings. The van der Waals surface area contributed by atoms with Crippen LogP contribution in [0.4, 0.5) is 10.6 Å². The number of nitrogens with one attached hydrogen (secondary N) is 2. The first-order chi connectivity index (χ1) is 16.9. The number of ether oxygens (including phenoxy) is 1. The van der Waals surface area contributed by atoms with Gasteiger partial charge in [0.15, 0.2) is 0 Å². The molecule has 0 aliphatic carbocycles. The first-order valence-corrected chi connectivity index (χ1v) is 12.3. The Bertz CT molecular complexity index is 1200. The molecular weight excluding hydrogens is 468 g/mol. The van der Waals surface area contributed by atoms with Crippen LogP contribution in [0.25, 0.3) is 11.0 Å². The standard InChI is InChI=1S/C25H29ClN6O3/c1-15(2)30-25(34)35-13-21(16-3-5-17(26)6-4-16)24(33)32-18-7-8-19(32)12-31(11-18)23-20-9-10-27-22(20)28-14-29-23/h3-6,9-10,14-15,18-19,21H,7-8,11-13H2,1-2H3,(H,30,34)(H,27,28,29)/t18-,19+,21-/m1/s1. The van der Waals surface area contributed by atoms with Crippen molar-refractivity contribution in [2.24, 2.45) is 0 Å². The molecule has 2 aliphatic heterocycles. The van der Waals surface area contributed by atoms with Gasteiger partial charge in [-0.1, -0.05) is 23.7 Å². The Hall–Kier alpha value is -3.33. The number of anilines is 1. The highest BCUT2D eigenvalue weighted by Gasteiger charge is 2.45. The zero-order valence-electron chi connectivity index (χ0n) is 19.8. The van der Waals surface area contributed by atoms with Gasteiger partial charge >= 0.3 is 6.09 Å². The Morgan fingerprint density at radius 2 is 1.86 bits per heavy atom. The Labute approximate surface area is 208 Å². The predicted molar refractivity (Wildman–Crippen MR) is 134 cm³/mol. The number of benzene rings is 1. The maximum absolute atomic E-state index is 13.9. The monoisotopic (exact) mass is 496 g/mol. The summed E-state index contributed by atoms with van der Waals surface area (Å²) in [5, 5.41) is 4.29. The first-order valence-electron chi connectivity index (χ1n) is 11.9. The zero-order chi connectivity index (χ0) is 24.5. The van der Waals surface area contributed by atoms with E-state index >= 15 is 0 Å². The number of hydrogen-bond acceptors (Lipinski definition) is 6. The molecule has 5 rings (SSSR count). The lowest BCUT2D eigenvalue weighted by Crippen LogP contribution is -2.57. The van der Waals surface area contributed by atoms with Crippen LogP contribution < -0.4 is 10.2 Å². The van der Waals surface area contributed by atoms with Crippen LogP contribution in [0, 0.1) is 0 Å². The number of rotatable bonds is 6. The number of amides is 2. The molecule has 0 spiro atoms. The summed E-state index contributed by atoms with van der Waals surface area (Å²) in [6, 6.07) is 9.23. The van der Waals surface area contributed by atoms with Crippen LogP contribution in [0.5, 0.6) is 0 Å². The minimum atomic E-state index is -0.602. The van der Waals surface area contributed by atoms with E-state index in [-0.39, 0.29) is 30.6 Å². The van der Waals surface area contributed by atoms with Gasteiger partial charge in [-0.05, 0) is 50.5 Å². The second-order valence-corrected chi connectivity index (χ2v) is 9.91. The van der Waals surface area contributed by atoms with E-state index in [2.05, 4.69) is 25.2 Å². The number of aromatic amines is 1. The number of hydrogen-bond donors (Lipinski definition) is 2. The molecule has 2 bridgehead atoms. The number of alkyl carbamates (subject to hydrolysis) is 1. The van der Waals surface area contributed by atoms with Gasteiger partial charge in [-0.2, -0.15) is 0 Å². The number of halogens is 1. The lowest BCUT2D eigenvalue weighted by molar-refractivity contribution is -0.137. The van der Waals surface area contributed by atoms with Gasteiger partial charge in [0.2, 0.25) is 5.91 Å². The molecule has 0 radical (unpaired) electrons. The predicted octanol–water partition coefficient (Wildman–Crippen LogP) is 3.71. The van der Waals surface area contributed by atoms with Crippen LogP contribution in [0.2, 0.25) is 5.02 Å². The molecule has 184 valence electrons. The molecule has 2 amide bonds. The third-order valence-corrected chi connectivity index (χ3v) is 6.98. The number of carbonyl (C=O) groups is 2. The van der Waals surface area contributed by atoms with Crippen LogP contribution in [0.1, 0.15) is 38.2 Å². The number of piperazine rings is 1. The Balaban J connectivity index is 1.36. The summed E-state index contributed by atoms with van der Waals surface area (Å²) in [6.45, 7) is 5.08. The summed E-state index contributed by atoms with van der Waals surface area (Å²) >= 11 is 6.08. The van der Waals surface area contributed by atoms with Crippen molar-refractivity contribution in [3.8, 4) is 0 Å². The fourth-order valence-corrected chi connectivity index (χ4v) is 5.29. The Morgan fingerprint density at radius 1 is 1.14 bits per heavy atom. The highest BCUT2D eigenvalue weighted by atomic mass is 35.5. The van der Waals surface area contributed by atoms with Crippen LogP contribution >= 0.6 is 11.6 Å². The number of carbonyl (C=O) groups excluding carboxylic acids is 2. The molecule has 3 atom stereocenters. The lowest BCUT2D eigenvalue weighted by Gasteiger charge is -2.43. The highest BCUT2D eigenvalue weighted by molar-refractivity contribution is 6.30. The van der Waals surface area contributed by atoms with E-state index in [1.807, 2.05) is 43.1 Å². The molecule has 10 heteroatoms. The number of H-pyrrole nitrogens is 1. The summed E-state index contributed by atoms with van der Waals surface area (Å²) in [6.07, 6.45) is 4.76. The molecule has 2 N–H and O–H groups in total. The fraction of sp³-hybridized carbons (Fsp3) is 0.440. The molecule has 2 saturated heterocycles. The lowest BCUT2D eigenvalue weighted by atomic mass is 9.97. The van der Waals surface area contributed by atoms with Crippen molar-refractivity contribution in [3.63, 3.8) is 0 Å². The van der Waals surface area contributed by atoms with E-state index in [0.717, 1.165) is 35.3 Å². The number of nitrogens with zero attached hydrogens (tertiary/aromatic N) is 4. The smallest absolute Gasteiger partial charge is 0.407 e. The van der Waals surface area contributed by atoms with Crippen LogP contribution in [0.15, 0.2) is 42.9 Å². The van der Waals surface area contributed by atoms with E-state index in [4.69, 9.17) is 16.3 Å². The molecular formula is C25H29ClN6O3. The molecule has 4 heterocycles. The largest absolute Gasteiger partial charge is 0.448 e. The topological polar surface area (TPSA) is 103 Å². The van der Waals surface area contributed by atoms with Crippen LogP contribution in [-0.2, 0) is 9.53 Å². The fourth-order valence-electron chi connectivity index (χ4n) is 5.17. The SMILES string of the molecule is CC(C)NC(=O)OC[C@@H](C(=O)N1[C@@H]2CC[C@H]1CN(c1ncnc3[nH]ccc13)C2)c1ccc(Cl)cc1. The Kier molecular flexibility index (Phi) is 6.51. The maximum Gasteiger partial charge on any atom is 0.407 e.